The Morgan fingerprint density at radius 2 is 1.09 bits per heavy atom. The van der Waals surface area contributed by atoms with Crippen molar-refractivity contribution in [2.75, 3.05) is 99.2 Å². The molecule has 0 radical (unpaired) electrons. The molecule has 4 aromatic rings. The van der Waals surface area contributed by atoms with Crippen LogP contribution in [0.1, 0.15) is 93.8 Å². The van der Waals surface area contributed by atoms with E-state index < -0.39 is 0 Å². The number of likely N-dealkylation sites (tertiary alicyclic amines) is 2. The Morgan fingerprint density at radius 1 is 0.638 bits per heavy atom. The van der Waals surface area contributed by atoms with Crippen molar-refractivity contribution < 1.29 is 38.4 Å². The zero-order chi connectivity index (χ0) is 49.5. The van der Waals surface area contributed by atoms with E-state index in [1.54, 1.807) is 37.7 Å². The van der Waals surface area contributed by atoms with E-state index in [-0.39, 0.29) is 24.3 Å². The molecule has 2 aliphatic heterocycles. The molecule has 0 spiro atoms. The third-order valence-corrected chi connectivity index (χ3v) is 11.5. The number of aromatic nitrogens is 2. The lowest BCUT2D eigenvalue weighted by Crippen LogP contribution is -2.39. The number of aliphatic hydroxyl groups is 1. The predicted octanol–water partition coefficient (Wildman–Crippen LogP) is 4.02. The van der Waals surface area contributed by atoms with Crippen LogP contribution in [0.3, 0.4) is 0 Å². The van der Waals surface area contributed by atoms with E-state index in [1.165, 1.54) is 11.1 Å². The lowest BCUT2D eigenvalue weighted by atomic mass is 10.0. The zero-order valence-corrected chi connectivity index (χ0v) is 41.2. The molecule has 0 unspecified atom stereocenters. The molecule has 0 bridgehead atoms. The van der Waals surface area contributed by atoms with Crippen LogP contribution < -0.4 is 32.2 Å². The Kier molecular flexibility index (Phi) is 27.2. The molecule has 17 heteroatoms. The molecule has 0 saturated carbocycles. The van der Waals surface area contributed by atoms with Gasteiger partial charge in [0, 0.05) is 94.4 Å². The summed E-state index contributed by atoms with van der Waals surface area (Å²) in [5.74, 6) is 0.343. The number of carbonyl (C=O) groups excluding carboxylic acids is 3. The molecular formula is C52H79N9O8. The summed E-state index contributed by atoms with van der Waals surface area (Å²) in [5, 5.41) is 17.5. The molecule has 0 atom stereocenters. The number of ether oxygens (including phenoxy) is 4. The van der Waals surface area contributed by atoms with Crippen molar-refractivity contribution in [2.45, 2.75) is 84.1 Å². The van der Waals surface area contributed by atoms with Gasteiger partial charge < -0.3 is 56.0 Å². The second-order valence-electron chi connectivity index (χ2n) is 16.9. The van der Waals surface area contributed by atoms with Crippen LogP contribution >= 0.6 is 0 Å². The Hall–Kier alpha value is -5.24. The molecule has 69 heavy (non-hydrogen) atoms. The third-order valence-electron chi connectivity index (χ3n) is 11.5. The van der Waals surface area contributed by atoms with E-state index in [1.807, 2.05) is 73.1 Å². The van der Waals surface area contributed by atoms with Crippen LogP contribution in [0.2, 0.25) is 0 Å². The highest BCUT2D eigenvalue weighted by Gasteiger charge is 2.18. The molecular weight excluding hydrogens is 879 g/mol. The van der Waals surface area contributed by atoms with Gasteiger partial charge in [0.15, 0.2) is 0 Å². The molecule has 6 rings (SSSR count). The van der Waals surface area contributed by atoms with Crippen molar-refractivity contribution in [2.24, 2.45) is 11.5 Å². The number of rotatable bonds is 26. The van der Waals surface area contributed by atoms with Crippen LogP contribution in [0.4, 0.5) is 0 Å². The maximum absolute atomic E-state index is 12.4. The topological polar surface area (TPSA) is 221 Å². The number of piperidine rings is 2. The summed E-state index contributed by atoms with van der Waals surface area (Å²) in [4.78, 5) is 46.0. The van der Waals surface area contributed by atoms with Gasteiger partial charge in [0.2, 0.25) is 0 Å². The van der Waals surface area contributed by atoms with Crippen molar-refractivity contribution in [1.82, 2.24) is 35.3 Å². The minimum Gasteiger partial charge on any atom is -0.491 e. The number of hydrogen-bond donors (Lipinski definition) is 6. The number of nitrogens with two attached hydrogens (primary N) is 2. The van der Waals surface area contributed by atoms with Gasteiger partial charge in [-0.3, -0.25) is 24.2 Å². The molecule has 1 aromatic heterocycles. The van der Waals surface area contributed by atoms with Crippen LogP contribution in [0, 0.1) is 0 Å². The number of benzene rings is 3. The van der Waals surface area contributed by atoms with Gasteiger partial charge in [-0.2, -0.15) is 0 Å². The van der Waals surface area contributed by atoms with Gasteiger partial charge in [0.1, 0.15) is 12.4 Å². The highest BCUT2D eigenvalue weighted by Crippen LogP contribution is 2.16. The first kappa shape index (κ1) is 56.3. The van der Waals surface area contributed by atoms with E-state index in [0.29, 0.717) is 107 Å². The highest BCUT2D eigenvalue weighted by atomic mass is 16.5. The highest BCUT2D eigenvalue weighted by molar-refractivity contribution is 5.95. The summed E-state index contributed by atoms with van der Waals surface area (Å²) in [6.07, 6.45) is 9.32. The second-order valence-corrected chi connectivity index (χ2v) is 16.9. The van der Waals surface area contributed by atoms with Crippen LogP contribution in [0.15, 0.2) is 85.3 Å². The fourth-order valence-corrected chi connectivity index (χ4v) is 7.52. The average molecular weight is 958 g/mol. The lowest BCUT2D eigenvalue weighted by Gasteiger charge is -2.30. The summed E-state index contributed by atoms with van der Waals surface area (Å²) in [7, 11) is 1.62. The van der Waals surface area contributed by atoms with Crippen LogP contribution in [-0.2, 0) is 40.3 Å². The first-order valence-corrected chi connectivity index (χ1v) is 24.7. The van der Waals surface area contributed by atoms with Crippen LogP contribution in [0.5, 0.6) is 5.75 Å². The fraction of sp³-hybridized carbons (Fsp3) is 0.538. The largest absolute Gasteiger partial charge is 0.491 e. The minimum atomic E-state index is -0.170. The smallest absolute Gasteiger partial charge is 0.251 e. The SMILES string of the molecule is CC.COCCOc1ccc(C(=O)NCCOCCOCCNC(=O)c2ccc(CN3CCC(N)CC3)cc2)cc1.NC1CCN(Cc2ccc(C(=O)NCCc3cn(CCCO)cn3)cc2)CC1. The standard InChI is InChI=1S/C29H42N4O6.C21H31N5O2.C2H6/c1-36-18-21-39-27-8-6-25(7-9-27)29(35)32-13-17-38-20-19-37-16-12-31-28(34)24-4-2-23(3-5-24)22-33-14-10-26(30)11-15-33;22-19-7-11-25(12-8-19)14-17-2-4-18(5-3-17)21(28)23-9-6-20-15-26(16-24-20)10-1-13-27;1-2/h2-9,26H,10-22,30H2,1H3,(H,31,34)(H,32,35);2-5,15-16,19,27H,1,6-14,22H2,(H,23,28);1-2H3. The summed E-state index contributed by atoms with van der Waals surface area (Å²) >= 11 is 0. The van der Waals surface area contributed by atoms with Crippen LogP contribution in [-0.4, -0.2) is 153 Å². The van der Waals surface area contributed by atoms with Gasteiger partial charge in [-0.15, -0.1) is 0 Å². The van der Waals surface area contributed by atoms with E-state index in [4.69, 9.17) is 35.5 Å². The number of methoxy groups -OCH3 is 1. The maximum Gasteiger partial charge on any atom is 0.251 e. The molecule has 2 aliphatic rings. The number of nitrogens with one attached hydrogen (secondary N) is 3. The second kappa shape index (κ2) is 33.3. The molecule has 0 aliphatic carbocycles. The van der Waals surface area contributed by atoms with Crippen molar-refractivity contribution >= 4 is 17.7 Å². The maximum atomic E-state index is 12.4. The average Bonchev–Trinajstić information content (AvgIpc) is 3.84. The molecule has 3 aromatic carbocycles. The van der Waals surface area contributed by atoms with Gasteiger partial charge in [0.05, 0.1) is 45.1 Å². The molecule has 8 N–H and O–H groups in total. The van der Waals surface area contributed by atoms with Gasteiger partial charge in [-0.1, -0.05) is 38.1 Å². The summed E-state index contributed by atoms with van der Waals surface area (Å²) in [6.45, 7) is 14.8. The quantitative estimate of drug-likeness (QED) is 0.0491. The molecule has 2 fully saturated rings. The number of hydrogen-bond acceptors (Lipinski definition) is 13. The molecule has 17 nitrogen and oxygen atoms in total. The minimum absolute atomic E-state index is 0.0600. The van der Waals surface area contributed by atoms with Crippen molar-refractivity contribution in [3.63, 3.8) is 0 Å². The number of amides is 3. The Labute approximate surface area is 409 Å². The zero-order valence-electron chi connectivity index (χ0n) is 41.2. The van der Waals surface area contributed by atoms with Gasteiger partial charge in [-0.25, -0.2) is 4.98 Å². The summed E-state index contributed by atoms with van der Waals surface area (Å²) in [5.41, 5.74) is 17.2. The van der Waals surface area contributed by atoms with Gasteiger partial charge in [-0.05, 0) is 118 Å². The normalized spacial score (nSPS) is 14.5. The van der Waals surface area contributed by atoms with Gasteiger partial charge >= 0.3 is 0 Å². The predicted molar refractivity (Wildman–Crippen MR) is 269 cm³/mol. The van der Waals surface area contributed by atoms with Gasteiger partial charge in [0.25, 0.3) is 17.7 Å². The Balaban J connectivity index is 0.000000304. The van der Waals surface area contributed by atoms with Crippen molar-refractivity contribution in [3.05, 3.63) is 119 Å². The number of aryl methyl sites for hydroxylation is 1. The Bertz CT molecular complexity index is 2000. The molecule has 3 heterocycles. The van der Waals surface area contributed by atoms with Crippen molar-refractivity contribution in [3.8, 4) is 5.75 Å². The molecule has 2 saturated heterocycles. The fourth-order valence-electron chi connectivity index (χ4n) is 7.52. The van der Waals surface area contributed by atoms with Crippen LogP contribution in [0.25, 0.3) is 0 Å². The first-order chi connectivity index (χ1) is 33.7. The third kappa shape index (κ3) is 22.4. The Morgan fingerprint density at radius 3 is 1.54 bits per heavy atom. The lowest BCUT2D eigenvalue weighted by molar-refractivity contribution is 0.0486. The monoisotopic (exact) mass is 958 g/mol. The molecule has 3 amide bonds. The van der Waals surface area contributed by atoms with E-state index >= 15 is 0 Å². The molecule has 380 valence electrons. The van der Waals surface area contributed by atoms with E-state index in [9.17, 15) is 14.4 Å². The first-order valence-electron chi connectivity index (χ1n) is 24.7. The van der Waals surface area contributed by atoms with Crippen molar-refractivity contribution in [1.29, 1.82) is 0 Å². The van der Waals surface area contributed by atoms with E-state index in [0.717, 1.165) is 77.2 Å². The summed E-state index contributed by atoms with van der Waals surface area (Å²) < 4.78 is 23.4. The van der Waals surface area contributed by atoms with E-state index in [2.05, 4.69) is 30.7 Å². The summed E-state index contributed by atoms with van der Waals surface area (Å²) in [6, 6.07) is 23.2. The number of nitrogens with zero attached hydrogens (tertiary/aromatic N) is 4. The number of carbonyl (C=O) groups is 3. The number of aliphatic hydroxyl groups excluding tert-OH is 1. The number of imidazole rings is 1.